The standard InChI is InChI=1S/C7H8N2O/c10-6-4-8-3-5-1-2-9-7(5)6/h1-2,8-9H,3-4H2. The number of carbonyl (C=O) groups is 1. The van der Waals surface area contributed by atoms with Gasteiger partial charge in [0.2, 0.25) is 0 Å². The SMILES string of the molecule is O=C1CNCc2cc[nH]c21. The fourth-order valence-electron chi connectivity index (χ4n) is 1.21. The van der Waals surface area contributed by atoms with E-state index in [1.54, 1.807) is 6.20 Å². The Morgan fingerprint density at radius 1 is 1.40 bits per heavy atom. The van der Waals surface area contributed by atoms with Crippen LogP contribution >= 0.6 is 0 Å². The first kappa shape index (κ1) is 5.68. The number of Topliss-reactive ketones (excluding diaryl/α,β-unsaturated/α-hetero) is 1. The van der Waals surface area contributed by atoms with Crippen LogP contribution in [-0.2, 0) is 6.54 Å². The molecule has 0 spiro atoms. The molecule has 0 aromatic carbocycles. The van der Waals surface area contributed by atoms with Crippen molar-refractivity contribution >= 4 is 5.78 Å². The number of rotatable bonds is 0. The average molecular weight is 136 g/mol. The van der Waals surface area contributed by atoms with Crippen LogP contribution in [0.4, 0.5) is 0 Å². The molecular weight excluding hydrogens is 128 g/mol. The first-order valence-electron chi connectivity index (χ1n) is 3.28. The predicted octanol–water partition coefficient (Wildman–Crippen LogP) is 0.301. The van der Waals surface area contributed by atoms with Crippen molar-refractivity contribution in [1.29, 1.82) is 0 Å². The molecule has 2 heterocycles. The van der Waals surface area contributed by atoms with E-state index in [-0.39, 0.29) is 5.78 Å². The van der Waals surface area contributed by atoms with Crippen molar-refractivity contribution in [2.24, 2.45) is 0 Å². The molecule has 3 nitrogen and oxygen atoms in total. The van der Waals surface area contributed by atoms with Crippen LogP contribution in [0.2, 0.25) is 0 Å². The highest BCUT2D eigenvalue weighted by atomic mass is 16.1. The zero-order valence-corrected chi connectivity index (χ0v) is 5.48. The monoisotopic (exact) mass is 136 g/mol. The van der Waals surface area contributed by atoms with Crippen LogP contribution in [0, 0.1) is 0 Å². The number of aromatic amines is 1. The molecule has 1 aliphatic heterocycles. The van der Waals surface area contributed by atoms with Gasteiger partial charge in [-0.1, -0.05) is 0 Å². The van der Waals surface area contributed by atoms with E-state index in [0.717, 1.165) is 17.8 Å². The number of hydrogen-bond donors (Lipinski definition) is 2. The molecule has 0 fully saturated rings. The Bertz CT molecular complexity index is 264. The lowest BCUT2D eigenvalue weighted by Gasteiger charge is -2.10. The van der Waals surface area contributed by atoms with Gasteiger partial charge in [0.25, 0.3) is 0 Å². The van der Waals surface area contributed by atoms with E-state index < -0.39 is 0 Å². The van der Waals surface area contributed by atoms with Gasteiger partial charge in [-0.15, -0.1) is 0 Å². The van der Waals surface area contributed by atoms with E-state index in [1.165, 1.54) is 0 Å². The van der Waals surface area contributed by atoms with Gasteiger partial charge in [0.15, 0.2) is 5.78 Å². The Morgan fingerprint density at radius 3 is 3.10 bits per heavy atom. The normalized spacial score (nSPS) is 17.0. The van der Waals surface area contributed by atoms with E-state index >= 15 is 0 Å². The molecule has 0 aliphatic carbocycles. The van der Waals surface area contributed by atoms with E-state index in [9.17, 15) is 4.79 Å². The molecule has 0 bridgehead atoms. The number of ketones is 1. The smallest absolute Gasteiger partial charge is 0.193 e. The molecule has 1 aliphatic rings. The molecule has 2 N–H and O–H groups in total. The van der Waals surface area contributed by atoms with Gasteiger partial charge < -0.3 is 10.3 Å². The summed E-state index contributed by atoms with van der Waals surface area (Å²) in [7, 11) is 0. The second-order valence-corrected chi connectivity index (χ2v) is 2.40. The number of nitrogens with one attached hydrogen (secondary N) is 2. The highest BCUT2D eigenvalue weighted by Crippen LogP contribution is 2.10. The minimum absolute atomic E-state index is 0.159. The maximum absolute atomic E-state index is 11.1. The number of aromatic nitrogens is 1. The minimum atomic E-state index is 0.159. The fraction of sp³-hybridized carbons (Fsp3) is 0.286. The third-order valence-electron chi connectivity index (χ3n) is 1.71. The molecule has 10 heavy (non-hydrogen) atoms. The van der Waals surface area contributed by atoms with Crippen LogP contribution in [-0.4, -0.2) is 17.3 Å². The lowest BCUT2D eigenvalue weighted by atomic mass is 10.1. The first-order valence-corrected chi connectivity index (χ1v) is 3.28. The molecule has 0 unspecified atom stereocenters. The van der Waals surface area contributed by atoms with Gasteiger partial charge in [-0.2, -0.15) is 0 Å². The predicted molar refractivity (Wildman–Crippen MR) is 36.8 cm³/mol. The Morgan fingerprint density at radius 2 is 2.30 bits per heavy atom. The van der Waals surface area contributed by atoms with Crippen molar-refractivity contribution in [2.45, 2.75) is 6.54 Å². The highest BCUT2D eigenvalue weighted by molar-refractivity contribution is 5.98. The summed E-state index contributed by atoms with van der Waals surface area (Å²) in [5.74, 6) is 0.159. The molecule has 3 heteroatoms. The van der Waals surface area contributed by atoms with Crippen molar-refractivity contribution < 1.29 is 4.79 Å². The highest BCUT2D eigenvalue weighted by Gasteiger charge is 2.16. The van der Waals surface area contributed by atoms with Gasteiger partial charge in [-0.05, 0) is 11.6 Å². The van der Waals surface area contributed by atoms with Gasteiger partial charge in [-0.25, -0.2) is 0 Å². The number of H-pyrrole nitrogens is 1. The first-order chi connectivity index (χ1) is 4.88. The quantitative estimate of drug-likeness (QED) is 0.538. The van der Waals surface area contributed by atoms with Crippen LogP contribution in [0.1, 0.15) is 16.1 Å². The molecule has 52 valence electrons. The van der Waals surface area contributed by atoms with Gasteiger partial charge in [0, 0.05) is 12.7 Å². The van der Waals surface area contributed by atoms with Crippen LogP contribution in [0.5, 0.6) is 0 Å². The van der Waals surface area contributed by atoms with Crippen molar-refractivity contribution in [2.75, 3.05) is 6.54 Å². The third kappa shape index (κ3) is 0.675. The van der Waals surface area contributed by atoms with Crippen LogP contribution in [0.15, 0.2) is 12.3 Å². The summed E-state index contributed by atoms with van der Waals surface area (Å²) in [6.45, 7) is 1.28. The molecule has 1 aromatic heterocycles. The van der Waals surface area contributed by atoms with Crippen LogP contribution in [0.25, 0.3) is 0 Å². The minimum Gasteiger partial charge on any atom is -0.358 e. The summed E-state index contributed by atoms with van der Waals surface area (Å²) >= 11 is 0. The van der Waals surface area contributed by atoms with Gasteiger partial charge >= 0.3 is 0 Å². The number of hydrogen-bond acceptors (Lipinski definition) is 2. The number of fused-ring (bicyclic) bond motifs is 1. The van der Waals surface area contributed by atoms with Crippen molar-refractivity contribution in [1.82, 2.24) is 10.3 Å². The summed E-state index contributed by atoms with van der Waals surface area (Å²) < 4.78 is 0. The molecular formula is C7H8N2O. The summed E-state index contributed by atoms with van der Waals surface area (Å²) in [4.78, 5) is 14.0. The Kier molecular flexibility index (Phi) is 1.11. The van der Waals surface area contributed by atoms with E-state index in [2.05, 4.69) is 10.3 Å². The number of carbonyl (C=O) groups excluding carboxylic acids is 1. The Balaban J connectivity index is 2.50. The maximum Gasteiger partial charge on any atom is 0.193 e. The summed E-state index contributed by atoms with van der Waals surface area (Å²) in [6, 6.07) is 1.93. The molecule has 0 atom stereocenters. The third-order valence-corrected chi connectivity index (χ3v) is 1.71. The van der Waals surface area contributed by atoms with Crippen molar-refractivity contribution in [3.63, 3.8) is 0 Å². The lowest BCUT2D eigenvalue weighted by molar-refractivity contribution is 0.0978. The Hall–Kier alpha value is -1.09. The second kappa shape index (κ2) is 1.95. The zero-order chi connectivity index (χ0) is 6.97. The van der Waals surface area contributed by atoms with Crippen molar-refractivity contribution in [3.05, 3.63) is 23.5 Å². The zero-order valence-electron chi connectivity index (χ0n) is 5.48. The van der Waals surface area contributed by atoms with E-state index in [0.29, 0.717) is 6.54 Å². The summed E-state index contributed by atoms with van der Waals surface area (Å²) in [5.41, 5.74) is 1.86. The van der Waals surface area contributed by atoms with E-state index in [1.807, 2.05) is 6.07 Å². The largest absolute Gasteiger partial charge is 0.358 e. The fourth-order valence-corrected chi connectivity index (χ4v) is 1.21. The Labute approximate surface area is 58.4 Å². The van der Waals surface area contributed by atoms with Gasteiger partial charge in [-0.3, -0.25) is 4.79 Å². The van der Waals surface area contributed by atoms with Gasteiger partial charge in [0.05, 0.1) is 12.2 Å². The average Bonchev–Trinajstić information content (AvgIpc) is 2.36. The molecule has 0 saturated heterocycles. The molecule has 0 radical (unpaired) electrons. The van der Waals surface area contributed by atoms with Crippen molar-refractivity contribution in [3.8, 4) is 0 Å². The molecule has 0 saturated carbocycles. The summed E-state index contributed by atoms with van der Waals surface area (Å²) in [5, 5.41) is 3.01. The summed E-state index contributed by atoms with van der Waals surface area (Å²) in [6.07, 6.45) is 1.80. The maximum atomic E-state index is 11.1. The topological polar surface area (TPSA) is 44.9 Å². The lowest BCUT2D eigenvalue weighted by Crippen LogP contribution is -2.29. The second-order valence-electron chi connectivity index (χ2n) is 2.40. The molecule has 1 aromatic rings. The van der Waals surface area contributed by atoms with Crippen LogP contribution in [0.3, 0.4) is 0 Å². The van der Waals surface area contributed by atoms with E-state index in [4.69, 9.17) is 0 Å². The molecule has 0 amide bonds. The van der Waals surface area contributed by atoms with Gasteiger partial charge in [0.1, 0.15) is 0 Å². The molecule has 2 rings (SSSR count). The van der Waals surface area contributed by atoms with Crippen LogP contribution < -0.4 is 5.32 Å².